The van der Waals surface area contributed by atoms with Gasteiger partial charge in [0.25, 0.3) is 5.91 Å². The van der Waals surface area contributed by atoms with E-state index in [1.165, 1.54) is 32.4 Å². The van der Waals surface area contributed by atoms with Gasteiger partial charge in [0.2, 0.25) is 0 Å². The Morgan fingerprint density at radius 2 is 1.77 bits per heavy atom. The number of carbonyl (C=O) groups excluding carboxylic acids is 2. The van der Waals surface area contributed by atoms with Crippen molar-refractivity contribution in [3.63, 3.8) is 0 Å². The van der Waals surface area contributed by atoms with Crippen LogP contribution in [-0.4, -0.2) is 26.1 Å². The Kier molecular flexibility index (Phi) is 7.10. The standard InChI is InChI=1S/C23H19ClFNO5/c1-29-19-10-9-14(11-18(19)25)13-26-22(27)21-17(24)7-4-8-20(21)31-16-6-3-5-15(12-16)23(28)30-2/h3-12H,13H2,1-2H3,(H,26,27). The molecule has 0 unspecified atom stereocenters. The maximum Gasteiger partial charge on any atom is 0.337 e. The molecule has 0 aliphatic heterocycles. The zero-order valence-corrected chi connectivity index (χ0v) is 17.5. The molecule has 0 aliphatic rings. The molecule has 8 heteroatoms. The number of hydrogen-bond donors (Lipinski definition) is 1. The average Bonchev–Trinajstić information content (AvgIpc) is 2.77. The SMILES string of the molecule is COC(=O)c1cccc(Oc2cccc(Cl)c2C(=O)NCc2ccc(OC)c(F)c2)c1. The molecule has 31 heavy (non-hydrogen) atoms. The molecule has 6 nitrogen and oxygen atoms in total. The zero-order chi connectivity index (χ0) is 22.4. The van der Waals surface area contributed by atoms with Crippen molar-refractivity contribution < 1.29 is 28.2 Å². The lowest BCUT2D eigenvalue weighted by Crippen LogP contribution is -2.23. The van der Waals surface area contributed by atoms with Gasteiger partial charge >= 0.3 is 5.97 Å². The molecule has 0 radical (unpaired) electrons. The fourth-order valence-electron chi connectivity index (χ4n) is 2.83. The van der Waals surface area contributed by atoms with Gasteiger partial charge in [-0.2, -0.15) is 0 Å². The largest absolute Gasteiger partial charge is 0.494 e. The third-order valence-corrected chi connectivity index (χ3v) is 4.67. The van der Waals surface area contributed by atoms with Crippen LogP contribution < -0.4 is 14.8 Å². The summed E-state index contributed by atoms with van der Waals surface area (Å²) < 4.78 is 29.3. The van der Waals surface area contributed by atoms with Crippen molar-refractivity contribution in [2.75, 3.05) is 14.2 Å². The number of ether oxygens (including phenoxy) is 3. The average molecular weight is 444 g/mol. The predicted molar refractivity (Wildman–Crippen MR) is 113 cm³/mol. The topological polar surface area (TPSA) is 73.9 Å². The summed E-state index contributed by atoms with van der Waals surface area (Å²) in [6.07, 6.45) is 0. The molecule has 3 aromatic carbocycles. The van der Waals surface area contributed by atoms with E-state index in [1.54, 1.807) is 42.5 Å². The summed E-state index contributed by atoms with van der Waals surface area (Å²) in [4.78, 5) is 24.5. The van der Waals surface area contributed by atoms with Crippen LogP contribution >= 0.6 is 11.6 Å². The molecule has 0 atom stereocenters. The molecule has 0 spiro atoms. The Labute approximate surface area is 183 Å². The second-order valence-electron chi connectivity index (χ2n) is 6.39. The van der Waals surface area contributed by atoms with Crippen LogP contribution in [0.2, 0.25) is 5.02 Å². The van der Waals surface area contributed by atoms with Crippen molar-refractivity contribution in [2.24, 2.45) is 0 Å². The van der Waals surface area contributed by atoms with Gasteiger partial charge in [-0.25, -0.2) is 9.18 Å². The Hall–Kier alpha value is -3.58. The Bertz CT molecular complexity index is 1120. The summed E-state index contributed by atoms with van der Waals surface area (Å²) in [5.74, 6) is -0.890. The second-order valence-corrected chi connectivity index (χ2v) is 6.79. The van der Waals surface area contributed by atoms with Gasteiger partial charge in [-0.15, -0.1) is 0 Å². The van der Waals surface area contributed by atoms with Gasteiger partial charge in [-0.1, -0.05) is 29.8 Å². The fourth-order valence-corrected chi connectivity index (χ4v) is 3.08. The van der Waals surface area contributed by atoms with Gasteiger partial charge in [0, 0.05) is 6.54 Å². The maximum atomic E-state index is 13.9. The first-order valence-electron chi connectivity index (χ1n) is 9.18. The van der Waals surface area contributed by atoms with Crippen molar-refractivity contribution >= 4 is 23.5 Å². The summed E-state index contributed by atoms with van der Waals surface area (Å²) in [6, 6.07) is 15.5. The molecule has 0 aliphatic carbocycles. The highest BCUT2D eigenvalue weighted by atomic mass is 35.5. The number of methoxy groups -OCH3 is 2. The summed E-state index contributed by atoms with van der Waals surface area (Å²) in [5, 5.41) is 2.88. The van der Waals surface area contributed by atoms with Crippen LogP contribution in [0.4, 0.5) is 4.39 Å². The van der Waals surface area contributed by atoms with Crippen LogP contribution in [0.1, 0.15) is 26.3 Å². The van der Waals surface area contributed by atoms with Gasteiger partial charge in [0.15, 0.2) is 11.6 Å². The van der Waals surface area contributed by atoms with E-state index in [0.29, 0.717) is 16.9 Å². The zero-order valence-electron chi connectivity index (χ0n) is 16.8. The minimum atomic E-state index is -0.526. The van der Waals surface area contributed by atoms with E-state index < -0.39 is 17.7 Å². The van der Waals surface area contributed by atoms with Crippen molar-refractivity contribution in [3.8, 4) is 17.2 Å². The van der Waals surface area contributed by atoms with Crippen molar-refractivity contribution in [2.45, 2.75) is 6.54 Å². The molecule has 3 rings (SSSR count). The third-order valence-electron chi connectivity index (χ3n) is 4.35. The predicted octanol–water partition coefficient (Wildman–Crippen LogP) is 5.00. The Morgan fingerprint density at radius 3 is 2.48 bits per heavy atom. The molecule has 0 bridgehead atoms. The molecule has 1 N–H and O–H groups in total. The monoisotopic (exact) mass is 443 g/mol. The van der Waals surface area contributed by atoms with Crippen molar-refractivity contribution in [1.82, 2.24) is 5.32 Å². The molecule has 0 fully saturated rings. The van der Waals surface area contributed by atoms with Crippen LogP contribution in [0.5, 0.6) is 17.2 Å². The minimum absolute atomic E-state index is 0.0717. The van der Waals surface area contributed by atoms with E-state index in [4.69, 9.17) is 25.8 Å². The van der Waals surface area contributed by atoms with E-state index in [0.717, 1.165) is 0 Å². The van der Waals surface area contributed by atoms with Gasteiger partial charge in [0.05, 0.1) is 24.8 Å². The van der Waals surface area contributed by atoms with E-state index in [2.05, 4.69) is 5.32 Å². The highest BCUT2D eigenvalue weighted by Gasteiger charge is 2.18. The number of benzene rings is 3. The van der Waals surface area contributed by atoms with Crippen LogP contribution in [0.15, 0.2) is 60.7 Å². The van der Waals surface area contributed by atoms with Crippen molar-refractivity contribution in [3.05, 3.63) is 88.2 Å². The molecule has 1 amide bonds. The summed E-state index contributed by atoms with van der Waals surface area (Å²) in [6.45, 7) is 0.0717. The molecule has 0 saturated carbocycles. The van der Waals surface area contributed by atoms with Crippen LogP contribution in [0, 0.1) is 5.82 Å². The number of amides is 1. The highest BCUT2D eigenvalue weighted by molar-refractivity contribution is 6.34. The van der Waals surface area contributed by atoms with Crippen molar-refractivity contribution in [1.29, 1.82) is 0 Å². The fraction of sp³-hybridized carbons (Fsp3) is 0.130. The number of rotatable bonds is 7. The quantitative estimate of drug-likeness (QED) is 0.520. The van der Waals surface area contributed by atoms with Gasteiger partial charge < -0.3 is 19.5 Å². The molecule has 0 heterocycles. The van der Waals surface area contributed by atoms with E-state index >= 15 is 0 Å². The Balaban J connectivity index is 1.80. The molecule has 0 saturated heterocycles. The maximum absolute atomic E-state index is 13.9. The lowest BCUT2D eigenvalue weighted by Gasteiger charge is -2.14. The normalized spacial score (nSPS) is 10.3. The van der Waals surface area contributed by atoms with Crippen LogP contribution in [-0.2, 0) is 11.3 Å². The number of nitrogens with one attached hydrogen (secondary N) is 1. The smallest absolute Gasteiger partial charge is 0.337 e. The number of carbonyl (C=O) groups is 2. The second kappa shape index (κ2) is 9.95. The number of esters is 1. The molecule has 3 aromatic rings. The minimum Gasteiger partial charge on any atom is -0.494 e. The van der Waals surface area contributed by atoms with Gasteiger partial charge in [-0.3, -0.25) is 4.79 Å². The molecule has 0 aromatic heterocycles. The number of halogens is 2. The third kappa shape index (κ3) is 5.32. The van der Waals surface area contributed by atoms with E-state index in [-0.39, 0.29) is 28.6 Å². The molecular weight excluding hydrogens is 425 g/mol. The van der Waals surface area contributed by atoms with Gasteiger partial charge in [0.1, 0.15) is 17.1 Å². The highest BCUT2D eigenvalue weighted by Crippen LogP contribution is 2.31. The summed E-state index contributed by atoms with van der Waals surface area (Å²) in [5.41, 5.74) is 0.961. The van der Waals surface area contributed by atoms with Gasteiger partial charge in [-0.05, 0) is 48.0 Å². The first-order valence-corrected chi connectivity index (χ1v) is 9.56. The Morgan fingerprint density at radius 1 is 1.00 bits per heavy atom. The molecule has 160 valence electrons. The summed E-state index contributed by atoms with van der Waals surface area (Å²) in [7, 11) is 2.66. The van der Waals surface area contributed by atoms with E-state index in [9.17, 15) is 14.0 Å². The lowest BCUT2D eigenvalue weighted by molar-refractivity contribution is 0.0600. The van der Waals surface area contributed by atoms with E-state index in [1.807, 2.05) is 0 Å². The summed E-state index contributed by atoms with van der Waals surface area (Å²) >= 11 is 6.25. The van der Waals surface area contributed by atoms with Crippen LogP contribution in [0.3, 0.4) is 0 Å². The lowest BCUT2D eigenvalue weighted by atomic mass is 10.1. The first-order chi connectivity index (χ1) is 14.9. The molecular formula is C23H19ClFNO5. The van der Waals surface area contributed by atoms with Crippen LogP contribution in [0.25, 0.3) is 0 Å². The first kappa shape index (κ1) is 22.1. The number of hydrogen-bond acceptors (Lipinski definition) is 5.